The van der Waals surface area contributed by atoms with Crippen LogP contribution in [0.25, 0.3) is 0 Å². The van der Waals surface area contributed by atoms with Crippen molar-refractivity contribution in [2.24, 2.45) is 0 Å². The fourth-order valence-corrected chi connectivity index (χ4v) is 1.77. The highest BCUT2D eigenvalue weighted by Gasteiger charge is 2.22. The number of carbonyl (C=O) groups is 2. The SMILES string of the molecule is O=C1CN(C(=O)c2ccc(OC(F)F)cc2)CCN1. The van der Waals surface area contributed by atoms with Gasteiger partial charge in [0, 0.05) is 18.7 Å². The minimum atomic E-state index is -2.90. The third-order valence-corrected chi connectivity index (χ3v) is 2.65. The van der Waals surface area contributed by atoms with Crippen LogP contribution in [0.4, 0.5) is 8.78 Å². The number of piperazine rings is 1. The molecular formula is C12H12F2N2O3. The van der Waals surface area contributed by atoms with Crippen LogP contribution in [0.1, 0.15) is 10.4 Å². The number of nitrogens with zero attached hydrogens (tertiary/aromatic N) is 1. The summed E-state index contributed by atoms with van der Waals surface area (Å²) in [6, 6.07) is 5.38. The lowest BCUT2D eigenvalue weighted by Gasteiger charge is -2.26. The smallest absolute Gasteiger partial charge is 0.387 e. The number of ether oxygens (including phenoxy) is 1. The zero-order valence-corrected chi connectivity index (χ0v) is 9.94. The number of rotatable bonds is 3. The number of carbonyl (C=O) groups excluding carboxylic acids is 2. The lowest BCUT2D eigenvalue weighted by atomic mass is 10.2. The first kappa shape index (κ1) is 13.3. The van der Waals surface area contributed by atoms with Crippen molar-refractivity contribution in [3.8, 4) is 5.75 Å². The summed E-state index contributed by atoms with van der Waals surface area (Å²) >= 11 is 0. The van der Waals surface area contributed by atoms with Crippen molar-refractivity contribution in [2.45, 2.75) is 6.61 Å². The molecule has 0 bridgehead atoms. The molecule has 19 heavy (non-hydrogen) atoms. The highest BCUT2D eigenvalue weighted by Crippen LogP contribution is 2.16. The molecule has 0 spiro atoms. The minimum absolute atomic E-state index is 0.00805. The Kier molecular flexibility index (Phi) is 3.94. The third kappa shape index (κ3) is 3.40. The van der Waals surface area contributed by atoms with Crippen LogP contribution in [-0.2, 0) is 4.79 Å². The van der Waals surface area contributed by atoms with Gasteiger partial charge in [-0.25, -0.2) is 0 Å². The molecule has 2 rings (SSSR count). The van der Waals surface area contributed by atoms with Crippen LogP contribution >= 0.6 is 0 Å². The van der Waals surface area contributed by atoms with Gasteiger partial charge in [0.15, 0.2) is 0 Å². The van der Waals surface area contributed by atoms with Gasteiger partial charge < -0.3 is 15.0 Å². The number of nitrogens with one attached hydrogen (secondary N) is 1. The largest absolute Gasteiger partial charge is 0.435 e. The second-order valence-electron chi connectivity index (χ2n) is 3.98. The van der Waals surface area contributed by atoms with Crippen LogP contribution in [0.15, 0.2) is 24.3 Å². The fourth-order valence-electron chi connectivity index (χ4n) is 1.77. The monoisotopic (exact) mass is 270 g/mol. The summed E-state index contributed by atoms with van der Waals surface area (Å²) in [7, 11) is 0. The molecule has 1 aliphatic heterocycles. The number of halogens is 2. The van der Waals surface area contributed by atoms with Crippen molar-refractivity contribution in [1.29, 1.82) is 0 Å². The van der Waals surface area contributed by atoms with E-state index in [0.29, 0.717) is 18.7 Å². The van der Waals surface area contributed by atoms with E-state index in [0.717, 1.165) is 0 Å². The van der Waals surface area contributed by atoms with Gasteiger partial charge in [-0.1, -0.05) is 0 Å². The van der Waals surface area contributed by atoms with Crippen LogP contribution in [0.2, 0.25) is 0 Å². The zero-order valence-electron chi connectivity index (χ0n) is 9.94. The van der Waals surface area contributed by atoms with Crippen molar-refractivity contribution < 1.29 is 23.1 Å². The van der Waals surface area contributed by atoms with E-state index >= 15 is 0 Å². The first-order chi connectivity index (χ1) is 9.06. The van der Waals surface area contributed by atoms with E-state index in [9.17, 15) is 18.4 Å². The van der Waals surface area contributed by atoms with Gasteiger partial charge in [0.1, 0.15) is 5.75 Å². The number of hydrogen-bond acceptors (Lipinski definition) is 3. The molecule has 1 aliphatic rings. The van der Waals surface area contributed by atoms with Crippen molar-refractivity contribution in [3.05, 3.63) is 29.8 Å². The third-order valence-electron chi connectivity index (χ3n) is 2.65. The van der Waals surface area contributed by atoms with Crippen LogP contribution in [0, 0.1) is 0 Å². The Bertz CT molecular complexity index is 476. The number of amides is 2. The van der Waals surface area contributed by atoms with E-state index in [2.05, 4.69) is 10.1 Å². The number of benzene rings is 1. The van der Waals surface area contributed by atoms with Gasteiger partial charge in [-0.3, -0.25) is 9.59 Å². The summed E-state index contributed by atoms with van der Waals surface area (Å²) < 4.78 is 28.1. The van der Waals surface area contributed by atoms with Crippen LogP contribution in [-0.4, -0.2) is 43.0 Å². The predicted molar refractivity (Wildman–Crippen MR) is 62.0 cm³/mol. The quantitative estimate of drug-likeness (QED) is 0.886. The molecule has 1 aromatic rings. The molecule has 0 radical (unpaired) electrons. The van der Waals surface area contributed by atoms with Crippen LogP contribution in [0.3, 0.4) is 0 Å². The highest BCUT2D eigenvalue weighted by atomic mass is 19.3. The summed E-state index contributed by atoms with van der Waals surface area (Å²) in [6.45, 7) is -2.04. The first-order valence-electron chi connectivity index (χ1n) is 5.67. The van der Waals surface area contributed by atoms with Crippen molar-refractivity contribution >= 4 is 11.8 Å². The second kappa shape index (κ2) is 5.64. The van der Waals surface area contributed by atoms with E-state index in [4.69, 9.17) is 0 Å². The van der Waals surface area contributed by atoms with Gasteiger partial charge in [0.2, 0.25) is 5.91 Å². The van der Waals surface area contributed by atoms with E-state index in [-0.39, 0.29) is 24.1 Å². The van der Waals surface area contributed by atoms with Crippen molar-refractivity contribution in [2.75, 3.05) is 19.6 Å². The van der Waals surface area contributed by atoms with Gasteiger partial charge in [0.25, 0.3) is 5.91 Å². The van der Waals surface area contributed by atoms with E-state index in [1.165, 1.54) is 29.2 Å². The molecule has 1 aromatic carbocycles. The fraction of sp³-hybridized carbons (Fsp3) is 0.333. The van der Waals surface area contributed by atoms with E-state index in [1.807, 2.05) is 0 Å². The molecular weight excluding hydrogens is 258 g/mol. The summed E-state index contributed by atoms with van der Waals surface area (Å²) in [6.07, 6.45) is 0. The molecule has 0 aromatic heterocycles. The van der Waals surface area contributed by atoms with Gasteiger partial charge in [-0.05, 0) is 24.3 Å². The predicted octanol–water partition coefficient (Wildman–Crippen LogP) is 0.860. The molecule has 0 saturated carbocycles. The molecule has 2 amide bonds. The number of alkyl halides is 2. The molecule has 1 heterocycles. The molecule has 1 fully saturated rings. The molecule has 0 atom stereocenters. The van der Waals surface area contributed by atoms with Crippen molar-refractivity contribution in [1.82, 2.24) is 10.2 Å². The van der Waals surface area contributed by atoms with Gasteiger partial charge >= 0.3 is 6.61 Å². The standard InChI is InChI=1S/C12H12F2N2O3/c13-12(14)19-9-3-1-8(2-4-9)11(18)16-6-5-15-10(17)7-16/h1-4,12H,5-7H2,(H,15,17). The molecule has 0 aliphatic carbocycles. The maximum absolute atomic E-state index is 12.0. The summed E-state index contributed by atoms with van der Waals surface area (Å²) in [4.78, 5) is 24.6. The van der Waals surface area contributed by atoms with Gasteiger partial charge in [0.05, 0.1) is 6.54 Å². The molecule has 5 nitrogen and oxygen atoms in total. The Morgan fingerprint density at radius 2 is 2.00 bits per heavy atom. The second-order valence-corrected chi connectivity index (χ2v) is 3.98. The summed E-state index contributed by atoms with van der Waals surface area (Å²) in [5.74, 6) is -0.529. The molecule has 102 valence electrons. The molecule has 1 N–H and O–H groups in total. The maximum Gasteiger partial charge on any atom is 0.387 e. The average molecular weight is 270 g/mol. The highest BCUT2D eigenvalue weighted by molar-refractivity contribution is 5.97. The Hall–Kier alpha value is -2.18. The van der Waals surface area contributed by atoms with E-state index < -0.39 is 6.61 Å². The molecule has 1 saturated heterocycles. The topological polar surface area (TPSA) is 58.6 Å². The lowest BCUT2D eigenvalue weighted by Crippen LogP contribution is -2.49. The molecule has 0 unspecified atom stereocenters. The first-order valence-corrected chi connectivity index (χ1v) is 5.67. The summed E-state index contributed by atoms with van der Waals surface area (Å²) in [5.41, 5.74) is 0.330. The van der Waals surface area contributed by atoms with Gasteiger partial charge in [-0.2, -0.15) is 8.78 Å². The Labute approximate surface area is 108 Å². The Morgan fingerprint density at radius 1 is 1.32 bits per heavy atom. The zero-order chi connectivity index (χ0) is 13.8. The molecule has 7 heteroatoms. The summed E-state index contributed by atoms with van der Waals surface area (Å²) in [5, 5.41) is 2.61. The minimum Gasteiger partial charge on any atom is -0.435 e. The van der Waals surface area contributed by atoms with E-state index in [1.54, 1.807) is 0 Å². The Morgan fingerprint density at radius 3 is 2.58 bits per heavy atom. The lowest BCUT2D eigenvalue weighted by molar-refractivity contribution is -0.123. The average Bonchev–Trinajstić information content (AvgIpc) is 2.38. The van der Waals surface area contributed by atoms with Crippen molar-refractivity contribution in [3.63, 3.8) is 0 Å². The normalized spacial score (nSPS) is 15.3. The van der Waals surface area contributed by atoms with Crippen LogP contribution < -0.4 is 10.1 Å². The number of hydrogen-bond donors (Lipinski definition) is 1. The van der Waals surface area contributed by atoms with Gasteiger partial charge in [-0.15, -0.1) is 0 Å². The Balaban J connectivity index is 2.04. The van der Waals surface area contributed by atoms with Crippen LogP contribution in [0.5, 0.6) is 5.75 Å². The maximum atomic E-state index is 12.0.